The summed E-state index contributed by atoms with van der Waals surface area (Å²) >= 11 is 0. The molecule has 0 spiro atoms. The topological polar surface area (TPSA) is 78.4 Å². The van der Waals surface area contributed by atoms with E-state index in [1.165, 1.54) is 18.5 Å². The smallest absolute Gasteiger partial charge is 0.366 e. The minimum atomic E-state index is -0.857. The maximum absolute atomic E-state index is 11.4. The van der Waals surface area contributed by atoms with E-state index in [0.29, 0.717) is 0 Å². The van der Waals surface area contributed by atoms with Crippen LogP contribution in [0.25, 0.3) is 0 Å². The van der Waals surface area contributed by atoms with Gasteiger partial charge in [0.25, 0.3) is 0 Å². The Morgan fingerprint density at radius 2 is 2.00 bits per heavy atom. The van der Waals surface area contributed by atoms with Gasteiger partial charge in [0, 0.05) is 0 Å². The highest BCUT2D eigenvalue weighted by Crippen LogP contribution is 2.05. The van der Waals surface area contributed by atoms with Crippen molar-refractivity contribution in [2.24, 2.45) is 0 Å². The Balaban J connectivity index is 2.61. The SMILES string of the molecule is C=CCOc1cnc(C(=O)OC(=O)CC=C)cn1. The normalized spacial score (nSPS) is 9.33. The summed E-state index contributed by atoms with van der Waals surface area (Å²) in [5, 5.41) is 0. The molecular weight excluding hydrogens is 236 g/mol. The number of aromatic nitrogens is 2. The molecule has 0 saturated heterocycles. The van der Waals surface area contributed by atoms with Gasteiger partial charge in [0.05, 0.1) is 18.8 Å². The highest BCUT2D eigenvalue weighted by atomic mass is 16.6. The fourth-order valence-corrected chi connectivity index (χ4v) is 0.956. The van der Waals surface area contributed by atoms with Crippen LogP contribution in [0.5, 0.6) is 5.88 Å². The summed E-state index contributed by atoms with van der Waals surface area (Å²) in [6, 6.07) is 0. The molecule has 0 amide bonds. The zero-order chi connectivity index (χ0) is 13.4. The minimum absolute atomic E-state index is 0.0420. The second kappa shape index (κ2) is 6.95. The van der Waals surface area contributed by atoms with Gasteiger partial charge in [-0.15, -0.1) is 6.58 Å². The highest BCUT2D eigenvalue weighted by Gasteiger charge is 2.13. The molecule has 0 aliphatic rings. The molecule has 1 aromatic heterocycles. The molecule has 0 saturated carbocycles. The van der Waals surface area contributed by atoms with Crippen molar-refractivity contribution in [3.63, 3.8) is 0 Å². The largest absolute Gasteiger partial charge is 0.472 e. The second-order valence-corrected chi connectivity index (χ2v) is 3.09. The Labute approximate surface area is 104 Å². The van der Waals surface area contributed by atoms with Gasteiger partial charge in [-0.2, -0.15) is 0 Å². The van der Waals surface area contributed by atoms with E-state index in [4.69, 9.17) is 4.74 Å². The van der Waals surface area contributed by atoms with Crippen LogP contribution < -0.4 is 4.74 Å². The van der Waals surface area contributed by atoms with Crippen molar-refractivity contribution in [3.8, 4) is 5.88 Å². The minimum Gasteiger partial charge on any atom is -0.472 e. The van der Waals surface area contributed by atoms with Crippen LogP contribution in [-0.2, 0) is 9.53 Å². The van der Waals surface area contributed by atoms with Gasteiger partial charge in [-0.05, 0) is 0 Å². The molecule has 0 radical (unpaired) electrons. The quantitative estimate of drug-likeness (QED) is 0.429. The average Bonchev–Trinajstić information content (AvgIpc) is 2.37. The van der Waals surface area contributed by atoms with Crippen LogP contribution in [0.2, 0.25) is 0 Å². The van der Waals surface area contributed by atoms with Gasteiger partial charge < -0.3 is 9.47 Å². The summed E-state index contributed by atoms with van der Waals surface area (Å²) in [6.45, 7) is 7.12. The Bertz CT molecular complexity index is 454. The molecule has 0 aromatic carbocycles. The van der Waals surface area contributed by atoms with Crippen molar-refractivity contribution >= 4 is 11.9 Å². The molecule has 0 N–H and O–H groups in total. The molecule has 18 heavy (non-hydrogen) atoms. The lowest BCUT2D eigenvalue weighted by atomic mass is 10.4. The van der Waals surface area contributed by atoms with E-state index in [2.05, 4.69) is 27.9 Å². The molecule has 0 aliphatic carbocycles. The summed E-state index contributed by atoms with van der Waals surface area (Å²) in [4.78, 5) is 30.1. The van der Waals surface area contributed by atoms with Gasteiger partial charge in [-0.25, -0.2) is 14.8 Å². The van der Waals surface area contributed by atoms with Crippen molar-refractivity contribution < 1.29 is 19.1 Å². The van der Waals surface area contributed by atoms with Gasteiger partial charge in [0.15, 0.2) is 5.69 Å². The summed E-state index contributed by atoms with van der Waals surface area (Å²) in [6.07, 6.45) is 5.28. The predicted octanol–water partition coefficient (Wildman–Crippen LogP) is 1.30. The van der Waals surface area contributed by atoms with Gasteiger partial charge >= 0.3 is 11.9 Å². The standard InChI is InChI=1S/C12H12N2O4/c1-3-5-11(15)18-12(16)9-7-14-10(8-13-9)17-6-4-2/h3-4,7-8H,1-2,5-6H2. The molecule has 0 fully saturated rings. The number of rotatable bonds is 6. The lowest BCUT2D eigenvalue weighted by Gasteiger charge is -2.02. The molecule has 0 unspecified atom stereocenters. The number of esters is 2. The lowest BCUT2D eigenvalue weighted by molar-refractivity contribution is -0.136. The maximum atomic E-state index is 11.4. The third kappa shape index (κ3) is 4.17. The van der Waals surface area contributed by atoms with Crippen LogP contribution >= 0.6 is 0 Å². The van der Waals surface area contributed by atoms with Crippen molar-refractivity contribution in [3.05, 3.63) is 43.4 Å². The second-order valence-electron chi connectivity index (χ2n) is 3.09. The Morgan fingerprint density at radius 3 is 2.56 bits per heavy atom. The first-order chi connectivity index (χ1) is 8.67. The van der Waals surface area contributed by atoms with E-state index >= 15 is 0 Å². The number of nitrogens with zero attached hydrogens (tertiary/aromatic N) is 2. The van der Waals surface area contributed by atoms with E-state index < -0.39 is 11.9 Å². The van der Waals surface area contributed by atoms with Crippen LogP contribution in [0.1, 0.15) is 16.9 Å². The molecule has 1 rings (SSSR count). The van der Waals surface area contributed by atoms with Gasteiger partial charge in [0.2, 0.25) is 5.88 Å². The predicted molar refractivity (Wildman–Crippen MR) is 63.0 cm³/mol. The number of ether oxygens (including phenoxy) is 2. The lowest BCUT2D eigenvalue weighted by Crippen LogP contribution is -2.13. The fraction of sp³-hybridized carbons (Fsp3) is 0.167. The third-order valence-corrected chi connectivity index (χ3v) is 1.70. The summed E-state index contributed by atoms with van der Waals surface area (Å²) < 4.78 is 9.57. The monoisotopic (exact) mass is 248 g/mol. The summed E-state index contributed by atoms with van der Waals surface area (Å²) in [5.41, 5.74) is -0.0710. The molecule has 94 valence electrons. The number of hydrogen-bond acceptors (Lipinski definition) is 6. The first-order valence-electron chi connectivity index (χ1n) is 5.09. The van der Waals surface area contributed by atoms with Gasteiger partial charge in [-0.3, -0.25) is 4.79 Å². The summed E-state index contributed by atoms with van der Waals surface area (Å²) in [7, 11) is 0. The molecule has 6 nitrogen and oxygen atoms in total. The number of hydrogen-bond donors (Lipinski definition) is 0. The zero-order valence-corrected chi connectivity index (χ0v) is 9.67. The van der Waals surface area contributed by atoms with E-state index in [1.54, 1.807) is 6.08 Å². The van der Waals surface area contributed by atoms with Crippen molar-refractivity contribution in [1.82, 2.24) is 9.97 Å². The molecule has 1 heterocycles. The first-order valence-corrected chi connectivity index (χ1v) is 5.09. The van der Waals surface area contributed by atoms with Crippen LogP contribution in [0.3, 0.4) is 0 Å². The molecule has 0 aliphatic heterocycles. The molecule has 6 heteroatoms. The third-order valence-electron chi connectivity index (χ3n) is 1.70. The van der Waals surface area contributed by atoms with E-state index in [-0.39, 0.29) is 24.6 Å². The highest BCUT2D eigenvalue weighted by molar-refractivity contribution is 5.95. The van der Waals surface area contributed by atoms with E-state index in [1.807, 2.05) is 0 Å². The van der Waals surface area contributed by atoms with Crippen molar-refractivity contribution in [1.29, 1.82) is 0 Å². The maximum Gasteiger partial charge on any atom is 0.366 e. The molecule has 1 aromatic rings. The van der Waals surface area contributed by atoms with Gasteiger partial charge in [0.1, 0.15) is 6.61 Å². The fourth-order valence-electron chi connectivity index (χ4n) is 0.956. The molecular formula is C12H12N2O4. The summed E-state index contributed by atoms with van der Waals surface area (Å²) in [5.74, 6) is -1.29. The first kappa shape index (κ1) is 13.6. The molecule has 0 atom stereocenters. The van der Waals surface area contributed by atoms with Crippen LogP contribution in [0.15, 0.2) is 37.7 Å². The Kier molecular flexibility index (Phi) is 5.24. The zero-order valence-electron chi connectivity index (χ0n) is 9.67. The average molecular weight is 248 g/mol. The van der Waals surface area contributed by atoms with Crippen LogP contribution in [0, 0.1) is 0 Å². The van der Waals surface area contributed by atoms with E-state index in [0.717, 1.165) is 0 Å². The Morgan fingerprint density at radius 1 is 1.22 bits per heavy atom. The van der Waals surface area contributed by atoms with Crippen molar-refractivity contribution in [2.75, 3.05) is 6.61 Å². The van der Waals surface area contributed by atoms with Crippen LogP contribution in [0.4, 0.5) is 0 Å². The van der Waals surface area contributed by atoms with Crippen molar-refractivity contribution in [2.45, 2.75) is 6.42 Å². The number of carbonyl (C=O) groups excluding carboxylic acids is 2. The van der Waals surface area contributed by atoms with Gasteiger partial charge in [-0.1, -0.05) is 18.7 Å². The van der Waals surface area contributed by atoms with E-state index in [9.17, 15) is 9.59 Å². The molecule has 0 bridgehead atoms. The van der Waals surface area contributed by atoms with Crippen LogP contribution in [-0.4, -0.2) is 28.5 Å². The Hall–Kier alpha value is -2.50. The number of carbonyl (C=O) groups is 2.